The Morgan fingerprint density at radius 1 is 1.00 bits per heavy atom. The molecule has 0 unspecified atom stereocenters. The highest BCUT2D eigenvalue weighted by Gasteiger charge is 2.23. The Labute approximate surface area is 197 Å². The summed E-state index contributed by atoms with van der Waals surface area (Å²) in [6.07, 6.45) is 0.889. The number of aryl methyl sites for hydroxylation is 1. The summed E-state index contributed by atoms with van der Waals surface area (Å²) in [6.45, 7) is 9.22. The van der Waals surface area contributed by atoms with Gasteiger partial charge in [-0.25, -0.2) is 0 Å². The van der Waals surface area contributed by atoms with Crippen molar-refractivity contribution in [2.45, 2.75) is 26.8 Å². The number of nitrogens with one attached hydrogen (secondary N) is 1. The van der Waals surface area contributed by atoms with Crippen LogP contribution in [0.2, 0.25) is 0 Å². The molecule has 0 bridgehead atoms. The van der Waals surface area contributed by atoms with Crippen LogP contribution in [0, 0.1) is 6.92 Å². The molecule has 3 rings (SSSR count). The number of ether oxygens (including phenoxy) is 1. The van der Waals surface area contributed by atoms with Gasteiger partial charge in [0.05, 0.1) is 20.2 Å². The number of carbonyl (C=O) groups is 2. The van der Waals surface area contributed by atoms with Crippen LogP contribution in [0.4, 0.5) is 5.69 Å². The van der Waals surface area contributed by atoms with Gasteiger partial charge in [-0.2, -0.15) is 0 Å². The van der Waals surface area contributed by atoms with Crippen molar-refractivity contribution in [3.63, 3.8) is 0 Å². The van der Waals surface area contributed by atoms with E-state index in [9.17, 15) is 9.59 Å². The third kappa shape index (κ3) is 7.58. The van der Waals surface area contributed by atoms with Crippen molar-refractivity contribution in [2.24, 2.45) is 0 Å². The van der Waals surface area contributed by atoms with Gasteiger partial charge in [-0.3, -0.25) is 19.4 Å². The number of nitrogens with zero attached hydrogens (tertiary/aromatic N) is 3. The molecular formula is C26H36N4O3. The number of rotatable bonds is 10. The van der Waals surface area contributed by atoms with Crippen LogP contribution in [0.1, 0.15) is 24.5 Å². The van der Waals surface area contributed by atoms with Crippen molar-refractivity contribution < 1.29 is 14.3 Å². The summed E-state index contributed by atoms with van der Waals surface area (Å²) in [4.78, 5) is 31.7. The lowest BCUT2D eigenvalue weighted by Crippen LogP contribution is -2.51. The second-order valence-electron chi connectivity index (χ2n) is 8.58. The SMILES string of the molecule is CCCN(CC(=O)Nc1ccccc1C)CC(=O)N1CCN(Cc2ccc(OC)cc2)CC1. The second kappa shape index (κ2) is 12.4. The van der Waals surface area contributed by atoms with Gasteiger partial charge in [-0.05, 0) is 49.2 Å². The normalized spacial score (nSPS) is 14.4. The fraction of sp³-hybridized carbons (Fsp3) is 0.462. The molecule has 1 aliphatic rings. The predicted octanol–water partition coefficient (Wildman–Crippen LogP) is 3.00. The molecular weight excluding hydrogens is 416 g/mol. The molecule has 0 spiro atoms. The Kier molecular flexibility index (Phi) is 9.27. The number of hydrogen-bond acceptors (Lipinski definition) is 5. The summed E-state index contributed by atoms with van der Waals surface area (Å²) >= 11 is 0. The number of methoxy groups -OCH3 is 1. The minimum atomic E-state index is -0.0881. The van der Waals surface area contributed by atoms with Crippen molar-refractivity contribution in [1.29, 1.82) is 0 Å². The molecule has 7 heteroatoms. The molecule has 0 radical (unpaired) electrons. The molecule has 1 fully saturated rings. The number of hydrogen-bond donors (Lipinski definition) is 1. The topological polar surface area (TPSA) is 65.1 Å². The molecule has 2 amide bonds. The van der Waals surface area contributed by atoms with Gasteiger partial charge in [0.1, 0.15) is 5.75 Å². The summed E-state index contributed by atoms with van der Waals surface area (Å²) in [6, 6.07) is 15.8. The number of carbonyl (C=O) groups excluding carboxylic acids is 2. The van der Waals surface area contributed by atoms with Crippen LogP contribution in [0.25, 0.3) is 0 Å². The maximum absolute atomic E-state index is 12.9. The van der Waals surface area contributed by atoms with Gasteiger partial charge >= 0.3 is 0 Å². The highest BCUT2D eigenvalue weighted by Crippen LogP contribution is 2.15. The second-order valence-corrected chi connectivity index (χ2v) is 8.58. The maximum atomic E-state index is 12.9. The molecule has 33 heavy (non-hydrogen) atoms. The first-order valence-corrected chi connectivity index (χ1v) is 11.7. The van der Waals surface area contributed by atoms with E-state index in [-0.39, 0.29) is 24.9 Å². The quantitative estimate of drug-likeness (QED) is 0.600. The van der Waals surface area contributed by atoms with Crippen LogP contribution in [0.15, 0.2) is 48.5 Å². The first-order valence-electron chi connectivity index (χ1n) is 11.7. The Hall–Kier alpha value is -2.90. The minimum absolute atomic E-state index is 0.0881. The number of amides is 2. The fourth-order valence-electron chi connectivity index (χ4n) is 4.07. The monoisotopic (exact) mass is 452 g/mol. The summed E-state index contributed by atoms with van der Waals surface area (Å²) in [5, 5.41) is 2.97. The van der Waals surface area contributed by atoms with E-state index in [2.05, 4.69) is 29.3 Å². The number of anilines is 1. The molecule has 2 aromatic carbocycles. The largest absolute Gasteiger partial charge is 0.497 e. The van der Waals surface area contributed by atoms with Crippen molar-refractivity contribution in [2.75, 3.05) is 58.2 Å². The summed E-state index contributed by atoms with van der Waals surface area (Å²) in [5.74, 6) is 0.865. The molecule has 0 atom stereocenters. The average molecular weight is 453 g/mol. The molecule has 7 nitrogen and oxygen atoms in total. The van der Waals surface area contributed by atoms with Gasteiger partial charge in [-0.15, -0.1) is 0 Å². The van der Waals surface area contributed by atoms with Crippen molar-refractivity contribution in [1.82, 2.24) is 14.7 Å². The zero-order valence-electron chi connectivity index (χ0n) is 20.0. The smallest absolute Gasteiger partial charge is 0.238 e. The molecule has 0 aliphatic carbocycles. The maximum Gasteiger partial charge on any atom is 0.238 e. The summed E-state index contributed by atoms with van der Waals surface area (Å²) in [7, 11) is 1.67. The lowest BCUT2D eigenvalue weighted by Gasteiger charge is -2.35. The average Bonchev–Trinajstić information content (AvgIpc) is 2.81. The van der Waals surface area contributed by atoms with E-state index in [4.69, 9.17) is 4.74 Å². The van der Waals surface area contributed by atoms with Crippen LogP contribution in [-0.4, -0.2) is 79.4 Å². The Morgan fingerprint density at radius 3 is 2.33 bits per heavy atom. The van der Waals surface area contributed by atoms with E-state index in [0.29, 0.717) is 19.6 Å². The van der Waals surface area contributed by atoms with Crippen molar-refractivity contribution >= 4 is 17.5 Å². The lowest BCUT2D eigenvalue weighted by molar-refractivity contribution is -0.134. The minimum Gasteiger partial charge on any atom is -0.497 e. The van der Waals surface area contributed by atoms with Gasteiger partial charge in [0.2, 0.25) is 11.8 Å². The zero-order valence-corrected chi connectivity index (χ0v) is 20.0. The predicted molar refractivity (Wildman–Crippen MR) is 131 cm³/mol. The highest BCUT2D eigenvalue weighted by molar-refractivity contribution is 5.93. The van der Waals surface area contributed by atoms with E-state index >= 15 is 0 Å². The molecule has 1 saturated heterocycles. The first-order chi connectivity index (χ1) is 16.0. The molecule has 178 valence electrons. The van der Waals surface area contributed by atoms with E-state index < -0.39 is 0 Å². The number of benzene rings is 2. The third-order valence-corrected chi connectivity index (χ3v) is 5.98. The lowest BCUT2D eigenvalue weighted by atomic mass is 10.2. The van der Waals surface area contributed by atoms with E-state index in [1.807, 2.05) is 53.1 Å². The van der Waals surface area contributed by atoms with E-state index in [1.165, 1.54) is 5.56 Å². The molecule has 0 aromatic heterocycles. The molecule has 1 N–H and O–H groups in total. The van der Waals surface area contributed by atoms with Crippen LogP contribution in [0.5, 0.6) is 5.75 Å². The van der Waals surface area contributed by atoms with Crippen molar-refractivity contribution in [3.05, 3.63) is 59.7 Å². The fourth-order valence-corrected chi connectivity index (χ4v) is 4.07. The van der Waals surface area contributed by atoms with Crippen molar-refractivity contribution in [3.8, 4) is 5.75 Å². The highest BCUT2D eigenvalue weighted by atomic mass is 16.5. The van der Waals surface area contributed by atoms with Crippen LogP contribution >= 0.6 is 0 Å². The Morgan fingerprint density at radius 2 is 1.70 bits per heavy atom. The van der Waals surface area contributed by atoms with Gasteiger partial charge in [0, 0.05) is 38.4 Å². The zero-order chi connectivity index (χ0) is 23.6. The van der Waals surface area contributed by atoms with Crippen LogP contribution < -0.4 is 10.1 Å². The standard InChI is InChI=1S/C26H36N4O3/c1-4-13-29(19-25(31)27-24-8-6-5-7-21(24)2)20-26(32)30-16-14-28(15-17-30)18-22-9-11-23(33-3)12-10-22/h5-12H,4,13-20H2,1-3H3,(H,27,31). The third-order valence-electron chi connectivity index (χ3n) is 5.98. The first kappa shape index (κ1) is 24.7. The number of para-hydroxylation sites is 1. The van der Waals surface area contributed by atoms with Gasteiger partial charge in [-0.1, -0.05) is 37.3 Å². The van der Waals surface area contributed by atoms with E-state index in [1.54, 1.807) is 7.11 Å². The summed E-state index contributed by atoms with van der Waals surface area (Å²) in [5.41, 5.74) is 3.08. The Balaban J connectivity index is 1.46. The van der Waals surface area contributed by atoms with E-state index in [0.717, 1.165) is 43.1 Å². The van der Waals surface area contributed by atoms with Gasteiger partial charge in [0.15, 0.2) is 0 Å². The Bertz CT molecular complexity index is 908. The van der Waals surface area contributed by atoms with Gasteiger partial charge in [0.25, 0.3) is 0 Å². The number of piperazine rings is 1. The van der Waals surface area contributed by atoms with Gasteiger partial charge < -0.3 is 15.0 Å². The molecule has 2 aromatic rings. The summed E-state index contributed by atoms with van der Waals surface area (Å²) < 4.78 is 5.22. The molecule has 1 aliphatic heterocycles. The molecule has 1 heterocycles. The van der Waals surface area contributed by atoms with Crippen LogP contribution in [0.3, 0.4) is 0 Å². The van der Waals surface area contributed by atoms with Crippen LogP contribution in [-0.2, 0) is 16.1 Å². The molecule has 0 saturated carbocycles.